The zero-order valence-electron chi connectivity index (χ0n) is 17.3. The zero-order chi connectivity index (χ0) is 23.4. The van der Waals surface area contributed by atoms with Gasteiger partial charge in [0.1, 0.15) is 17.2 Å². The van der Waals surface area contributed by atoms with Crippen molar-refractivity contribution in [2.75, 3.05) is 7.05 Å². The highest BCUT2D eigenvalue weighted by molar-refractivity contribution is 5.92. The summed E-state index contributed by atoms with van der Waals surface area (Å²) in [5, 5.41) is 6.35. The predicted octanol–water partition coefficient (Wildman–Crippen LogP) is 4.89. The van der Waals surface area contributed by atoms with Crippen molar-refractivity contribution in [1.82, 2.24) is 20.4 Å². The Morgan fingerprint density at radius 3 is 2.42 bits per heavy atom. The maximum atomic E-state index is 12.7. The molecule has 10 heteroatoms. The van der Waals surface area contributed by atoms with E-state index in [9.17, 15) is 18.0 Å². The SMILES string of the molecule is CNC(=O)c1cc(Oc2ccc(Cc3nc(-c4ccc(C(F)(F)F)cc4)no3)cc2)ccn1. The number of hydrogen-bond acceptors (Lipinski definition) is 6. The Balaban J connectivity index is 1.41. The molecule has 0 spiro atoms. The van der Waals surface area contributed by atoms with Gasteiger partial charge in [-0.1, -0.05) is 29.4 Å². The first-order valence-corrected chi connectivity index (χ1v) is 9.77. The average Bonchev–Trinajstić information content (AvgIpc) is 3.28. The molecular weight excluding hydrogens is 437 g/mol. The van der Waals surface area contributed by atoms with Crippen LogP contribution in [0.2, 0.25) is 0 Å². The first-order chi connectivity index (χ1) is 15.8. The van der Waals surface area contributed by atoms with Crippen LogP contribution in [0.5, 0.6) is 11.5 Å². The standard InChI is InChI=1S/C23H17F3N4O3/c1-27-22(31)19-13-18(10-11-28-19)32-17-8-2-14(3-9-17)12-20-29-21(30-33-20)15-4-6-16(7-5-15)23(24,25)26/h2-11,13H,12H2,1H3,(H,27,31). The molecular formula is C23H17F3N4O3. The maximum absolute atomic E-state index is 12.7. The summed E-state index contributed by atoms with van der Waals surface area (Å²) in [7, 11) is 1.52. The molecule has 0 unspecified atom stereocenters. The third kappa shape index (κ3) is 5.35. The molecule has 0 saturated carbocycles. The van der Waals surface area contributed by atoms with Crippen molar-refractivity contribution in [2.24, 2.45) is 0 Å². The average molecular weight is 454 g/mol. The molecule has 0 aliphatic carbocycles. The van der Waals surface area contributed by atoms with Gasteiger partial charge in [-0.15, -0.1) is 0 Å². The minimum atomic E-state index is -4.40. The van der Waals surface area contributed by atoms with E-state index < -0.39 is 11.7 Å². The second-order valence-corrected chi connectivity index (χ2v) is 6.97. The molecule has 33 heavy (non-hydrogen) atoms. The number of nitrogens with zero attached hydrogens (tertiary/aromatic N) is 3. The monoisotopic (exact) mass is 454 g/mol. The fourth-order valence-electron chi connectivity index (χ4n) is 2.97. The van der Waals surface area contributed by atoms with Gasteiger partial charge in [-0.3, -0.25) is 9.78 Å². The Morgan fingerprint density at radius 1 is 1.03 bits per heavy atom. The fourth-order valence-corrected chi connectivity index (χ4v) is 2.97. The lowest BCUT2D eigenvalue weighted by atomic mass is 10.1. The molecule has 0 aliphatic heterocycles. The maximum Gasteiger partial charge on any atom is 0.416 e. The number of halogens is 3. The van der Waals surface area contributed by atoms with Crippen LogP contribution < -0.4 is 10.1 Å². The number of benzene rings is 2. The van der Waals surface area contributed by atoms with Crippen LogP contribution in [0.15, 0.2) is 71.4 Å². The number of rotatable bonds is 6. The Hall–Kier alpha value is -4.21. The van der Waals surface area contributed by atoms with E-state index in [1.54, 1.807) is 18.2 Å². The van der Waals surface area contributed by atoms with Crippen molar-refractivity contribution in [3.8, 4) is 22.9 Å². The van der Waals surface area contributed by atoms with Crippen LogP contribution in [0.25, 0.3) is 11.4 Å². The molecule has 7 nitrogen and oxygen atoms in total. The molecule has 2 heterocycles. The lowest BCUT2D eigenvalue weighted by molar-refractivity contribution is -0.137. The smallest absolute Gasteiger partial charge is 0.416 e. The summed E-state index contributed by atoms with van der Waals surface area (Å²) in [5.41, 5.74) is 0.793. The van der Waals surface area contributed by atoms with E-state index in [-0.39, 0.29) is 17.4 Å². The molecule has 0 fully saturated rings. The molecule has 4 aromatic rings. The second kappa shape index (κ2) is 9.11. The molecule has 1 amide bonds. The third-order valence-electron chi connectivity index (χ3n) is 4.64. The quantitative estimate of drug-likeness (QED) is 0.446. The van der Waals surface area contributed by atoms with Gasteiger partial charge in [-0.25, -0.2) is 0 Å². The topological polar surface area (TPSA) is 90.1 Å². The minimum absolute atomic E-state index is 0.211. The van der Waals surface area contributed by atoms with Crippen molar-refractivity contribution in [2.45, 2.75) is 12.6 Å². The summed E-state index contributed by atoms with van der Waals surface area (Å²) in [6.45, 7) is 0. The van der Waals surface area contributed by atoms with E-state index in [4.69, 9.17) is 9.26 Å². The Bertz CT molecular complexity index is 1250. The number of pyridine rings is 1. The molecule has 168 valence electrons. The van der Waals surface area contributed by atoms with E-state index >= 15 is 0 Å². The number of carbonyl (C=O) groups is 1. The van der Waals surface area contributed by atoms with E-state index in [1.165, 1.54) is 31.4 Å². The molecule has 0 saturated heterocycles. The molecule has 0 bridgehead atoms. The summed E-state index contributed by atoms with van der Waals surface area (Å²) in [5.74, 6) is 1.25. The molecule has 0 aliphatic rings. The predicted molar refractivity (Wildman–Crippen MR) is 112 cm³/mol. The van der Waals surface area contributed by atoms with Crippen molar-refractivity contribution in [3.05, 3.63) is 89.6 Å². The zero-order valence-corrected chi connectivity index (χ0v) is 17.3. The minimum Gasteiger partial charge on any atom is -0.457 e. The first-order valence-electron chi connectivity index (χ1n) is 9.77. The van der Waals surface area contributed by atoms with Crippen LogP contribution in [0, 0.1) is 0 Å². The van der Waals surface area contributed by atoms with Gasteiger partial charge in [-0.05, 0) is 35.9 Å². The Kier molecular flexibility index (Phi) is 6.07. The number of nitrogens with one attached hydrogen (secondary N) is 1. The molecule has 0 atom stereocenters. The van der Waals surface area contributed by atoms with E-state index in [2.05, 4.69) is 20.4 Å². The van der Waals surface area contributed by atoms with Crippen molar-refractivity contribution in [3.63, 3.8) is 0 Å². The van der Waals surface area contributed by atoms with E-state index in [0.717, 1.165) is 17.7 Å². The number of aromatic nitrogens is 3. The summed E-state index contributed by atoms with van der Waals surface area (Å²) < 4.78 is 49.1. The number of alkyl halides is 3. The first kappa shape index (κ1) is 22.0. The summed E-state index contributed by atoms with van der Waals surface area (Å²) in [4.78, 5) is 19.9. The largest absolute Gasteiger partial charge is 0.457 e. The summed E-state index contributed by atoms with van der Waals surface area (Å²) in [6, 6.07) is 14.9. The van der Waals surface area contributed by atoms with Crippen LogP contribution in [-0.2, 0) is 12.6 Å². The van der Waals surface area contributed by atoms with Gasteiger partial charge < -0.3 is 14.6 Å². The molecule has 2 aromatic carbocycles. The highest BCUT2D eigenvalue weighted by atomic mass is 19.4. The highest BCUT2D eigenvalue weighted by Gasteiger charge is 2.30. The molecule has 2 aromatic heterocycles. The van der Waals surface area contributed by atoms with Gasteiger partial charge in [0.2, 0.25) is 11.7 Å². The van der Waals surface area contributed by atoms with Crippen molar-refractivity contribution >= 4 is 5.91 Å². The summed E-state index contributed by atoms with van der Waals surface area (Å²) >= 11 is 0. The van der Waals surface area contributed by atoms with Crippen LogP contribution >= 0.6 is 0 Å². The number of carbonyl (C=O) groups excluding carboxylic acids is 1. The van der Waals surface area contributed by atoms with Gasteiger partial charge in [-0.2, -0.15) is 18.2 Å². The Morgan fingerprint density at radius 2 is 1.76 bits per heavy atom. The molecule has 1 N–H and O–H groups in total. The van der Waals surface area contributed by atoms with Crippen LogP contribution in [-0.4, -0.2) is 28.1 Å². The van der Waals surface area contributed by atoms with Gasteiger partial charge in [0.15, 0.2) is 0 Å². The van der Waals surface area contributed by atoms with Crippen LogP contribution in [0.4, 0.5) is 13.2 Å². The van der Waals surface area contributed by atoms with Gasteiger partial charge in [0.05, 0.1) is 12.0 Å². The lowest BCUT2D eigenvalue weighted by Crippen LogP contribution is -2.18. The van der Waals surface area contributed by atoms with Crippen molar-refractivity contribution < 1.29 is 27.2 Å². The van der Waals surface area contributed by atoms with E-state index in [0.29, 0.717) is 29.4 Å². The second-order valence-electron chi connectivity index (χ2n) is 6.97. The van der Waals surface area contributed by atoms with Crippen LogP contribution in [0.1, 0.15) is 27.5 Å². The molecule has 0 radical (unpaired) electrons. The van der Waals surface area contributed by atoms with E-state index in [1.807, 2.05) is 12.1 Å². The number of ether oxygens (including phenoxy) is 1. The van der Waals surface area contributed by atoms with Crippen molar-refractivity contribution in [1.29, 1.82) is 0 Å². The van der Waals surface area contributed by atoms with Gasteiger partial charge in [0, 0.05) is 24.9 Å². The fraction of sp³-hybridized carbons (Fsp3) is 0.130. The summed E-state index contributed by atoms with van der Waals surface area (Å²) in [6.07, 6.45) is -2.58. The number of hydrogen-bond donors (Lipinski definition) is 1. The highest BCUT2D eigenvalue weighted by Crippen LogP contribution is 2.30. The Labute approximate surface area is 186 Å². The van der Waals surface area contributed by atoms with Gasteiger partial charge >= 0.3 is 6.18 Å². The van der Waals surface area contributed by atoms with Crippen LogP contribution in [0.3, 0.4) is 0 Å². The normalized spacial score (nSPS) is 11.3. The molecule has 4 rings (SSSR count). The third-order valence-corrected chi connectivity index (χ3v) is 4.64. The van der Waals surface area contributed by atoms with Gasteiger partial charge in [0.25, 0.3) is 5.91 Å². The lowest BCUT2D eigenvalue weighted by Gasteiger charge is -2.07. The number of amides is 1.